The fourth-order valence-electron chi connectivity index (χ4n) is 4.11. The zero-order valence-corrected chi connectivity index (χ0v) is 18.5. The second kappa shape index (κ2) is 9.02. The van der Waals surface area contributed by atoms with Gasteiger partial charge in [0.05, 0.1) is 0 Å². The number of halogens is 1. The van der Waals surface area contributed by atoms with E-state index in [-0.39, 0.29) is 23.9 Å². The molecule has 1 aliphatic rings. The first kappa shape index (κ1) is 21.2. The summed E-state index contributed by atoms with van der Waals surface area (Å²) in [6.45, 7) is 0. The van der Waals surface area contributed by atoms with Crippen molar-refractivity contribution in [2.75, 3.05) is 19.0 Å². The highest BCUT2D eigenvalue weighted by Gasteiger charge is 2.28. The van der Waals surface area contributed by atoms with Gasteiger partial charge in [-0.2, -0.15) is 0 Å². The SMILES string of the molecule is CN(C)c1ccc(C(=O)N[C@@H]2CCCC[C@@H]2NC(=O)c2cc3cc(Cl)ccc3[nH]2)cc1. The lowest BCUT2D eigenvalue weighted by Gasteiger charge is -2.32. The smallest absolute Gasteiger partial charge is 0.268 e. The Morgan fingerprint density at radius 2 is 1.58 bits per heavy atom. The number of carbonyl (C=O) groups excluding carboxylic acids is 2. The summed E-state index contributed by atoms with van der Waals surface area (Å²) in [5.41, 5.74) is 3.02. The van der Waals surface area contributed by atoms with Gasteiger partial charge in [-0.25, -0.2) is 0 Å². The summed E-state index contributed by atoms with van der Waals surface area (Å²) in [5.74, 6) is -0.287. The Labute approximate surface area is 187 Å². The number of nitrogens with zero attached hydrogens (tertiary/aromatic N) is 1. The van der Waals surface area contributed by atoms with Crippen LogP contribution in [0.1, 0.15) is 46.5 Å². The van der Waals surface area contributed by atoms with E-state index in [0.29, 0.717) is 16.3 Å². The predicted molar refractivity (Wildman–Crippen MR) is 125 cm³/mol. The lowest BCUT2D eigenvalue weighted by atomic mass is 9.90. The summed E-state index contributed by atoms with van der Waals surface area (Å²) in [4.78, 5) is 30.8. The molecular weight excluding hydrogens is 412 g/mol. The highest BCUT2D eigenvalue weighted by molar-refractivity contribution is 6.31. The molecule has 0 spiro atoms. The Morgan fingerprint density at radius 1 is 0.935 bits per heavy atom. The molecule has 1 saturated carbocycles. The summed E-state index contributed by atoms with van der Waals surface area (Å²) in [5, 5.41) is 7.77. The zero-order valence-electron chi connectivity index (χ0n) is 17.7. The van der Waals surface area contributed by atoms with E-state index in [9.17, 15) is 9.59 Å². The Morgan fingerprint density at radius 3 is 2.23 bits per heavy atom. The number of anilines is 1. The number of H-pyrrole nitrogens is 1. The summed E-state index contributed by atoms with van der Waals surface area (Å²) < 4.78 is 0. The topological polar surface area (TPSA) is 77.2 Å². The molecule has 1 heterocycles. The molecule has 0 unspecified atom stereocenters. The van der Waals surface area contributed by atoms with Gasteiger partial charge in [-0.1, -0.05) is 24.4 Å². The normalized spacial score (nSPS) is 18.5. The van der Waals surface area contributed by atoms with Gasteiger partial charge in [0.1, 0.15) is 5.69 Å². The van der Waals surface area contributed by atoms with Crippen molar-refractivity contribution >= 4 is 40.0 Å². The number of hydrogen-bond donors (Lipinski definition) is 3. The van der Waals surface area contributed by atoms with Crippen LogP contribution in [0, 0.1) is 0 Å². The molecule has 31 heavy (non-hydrogen) atoms. The number of aromatic amines is 1. The molecule has 1 fully saturated rings. The van der Waals surface area contributed by atoms with Gasteiger partial charge in [-0.15, -0.1) is 0 Å². The van der Waals surface area contributed by atoms with Crippen molar-refractivity contribution in [2.45, 2.75) is 37.8 Å². The molecule has 0 bridgehead atoms. The van der Waals surface area contributed by atoms with E-state index in [0.717, 1.165) is 42.3 Å². The van der Waals surface area contributed by atoms with Crippen LogP contribution >= 0.6 is 11.6 Å². The number of rotatable bonds is 5. The number of carbonyl (C=O) groups is 2. The number of hydrogen-bond acceptors (Lipinski definition) is 3. The fourth-order valence-corrected chi connectivity index (χ4v) is 4.29. The monoisotopic (exact) mass is 438 g/mol. The molecule has 4 rings (SSSR count). The van der Waals surface area contributed by atoms with Crippen LogP contribution in [0.2, 0.25) is 5.02 Å². The van der Waals surface area contributed by atoms with Crippen molar-refractivity contribution in [1.29, 1.82) is 0 Å². The van der Waals surface area contributed by atoms with Gasteiger partial charge in [-0.3, -0.25) is 9.59 Å². The highest BCUT2D eigenvalue weighted by Crippen LogP contribution is 2.22. The van der Waals surface area contributed by atoms with E-state index >= 15 is 0 Å². The zero-order chi connectivity index (χ0) is 22.0. The standard InChI is InChI=1S/C24H27ClN4O2/c1-29(2)18-10-7-15(8-11-18)23(30)27-20-5-3-4-6-21(20)28-24(31)22-14-16-13-17(25)9-12-19(16)26-22/h7-14,20-21,26H,3-6H2,1-2H3,(H,27,30)(H,28,31)/t20-,21+/m1/s1. The van der Waals surface area contributed by atoms with E-state index in [1.54, 1.807) is 12.1 Å². The quantitative estimate of drug-likeness (QED) is 0.554. The maximum Gasteiger partial charge on any atom is 0.268 e. The van der Waals surface area contributed by atoms with Gasteiger partial charge < -0.3 is 20.5 Å². The number of nitrogens with one attached hydrogen (secondary N) is 3. The van der Waals surface area contributed by atoms with Crippen molar-refractivity contribution in [3.05, 3.63) is 64.8 Å². The molecule has 1 aromatic heterocycles. The number of benzene rings is 2. The summed E-state index contributed by atoms with van der Waals surface area (Å²) >= 11 is 6.05. The van der Waals surface area contributed by atoms with Gasteiger partial charge in [-0.05, 0) is 61.4 Å². The Bertz CT molecular complexity index is 1090. The van der Waals surface area contributed by atoms with Crippen molar-refractivity contribution in [2.24, 2.45) is 0 Å². The van der Waals surface area contributed by atoms with Crippen molar-refractivity contribution in [3.8, 4) is 0 Å². The maximum absolute atomic E-state index is 12.9. The van der Waals surface area contributed by atoms with Crippen LogP contribution < -0.4 is 15.5 Å². The average Bonchev–Trinajstić information content (AvgIpc) is 3.18. The molecule has 3 aromatic rings. The molecule has 6 nitrogen and oxygen atoms in total. The van der Waals surface area contributed by atoms with Crippen molar-refractivity contribution < 1.29 is 9.59 Å². The second-order valence-electron chi connectivity index (χ2n) is 8.30. The van der Waals surface area contributed by atoms with Gasteiger partial charge in [0.25, 0.3) is 11.8 Å². The van der Waals surface area contributed by atoms with Crippen LogP contribution in [0.3, 0.4) is 0 Å². The molecular formula is C24H27ClN4O2. The van der Waals surface area contributed by atoms with Crippen molar-refractivity contribution in [1.82, 2.24) is 15.6 Å². The van der Waals surface area contributed by atoms with E-state index in [2.05, 4.69) is 15.6 Å². The van der Waals surface area contributed by atoms with E-state index in [1.807, 2.05) is 55.4 Å². The summed E-state index contributed by atoms with van der Waals surface area (Å²) in [6, 6.07) is 14.6. The van der Waals surface area contributed by atoms with Crippen LogP contribution in [0.25, 0.3) is 10.9 Å². The highest BCUT2D eigenvalue weighted by atomic mass is 35.5. The molecule has 0 aliphatic heterocycles. The maximum atomic E-state index is 12.9. The van der Waals surface area contributed by atoms with Crippen molar-refractivity contribution in [3.63, 3.8) is 0 Å². The molecule has 2 atom stereocenters. The summed E-state index contributed by atoms with van der Waals surface area (Å²) in [7, 11) is 3.93. The first-order valence-corrected chi connectivity index (χ1v) is 11.0. The molecule has 0 saturated heterocycles. The third-order valence-electron chi connectivity index (χ3n) is 5.87. The minimum absolute atomic E-state index is 0.0995. The third kappa shape index (κ3) is 4.85. The van der Waals surface area contributed by atoms with Crippen LogP contribution in [0.5, 0.6) is 0 Å². The van der Waals surface area contributed by atoms with Gasteiger partial charge in [0.15, 0.2) is 0 Å². The number of amides is 2. The van der Waals surface area contributed by atoms with Gasteiger partial charge >= 0.3 is 0 Å². The predicted octanol–water partition coefficient (Wildman–Crippen LogP) is 4.36. The molecule has 7 heteroatoms. The average molecular weight is 439 g/mol. The molecule has 2 amide bonds. The first-order valence-electron chi connectivity index (χ1n) is 10.6. The van der Waals surface area contributed by atoms with Gasteiger partial charge in [0, 0.05) is 53.4 Å². The summed E-state index contributed by atoms with van der Waals surface area (Å²) in [6.07, 6.45) is 3.73. The lowest BCUT2D eigenvalue weighted by molar-refractivity contribution is 0.0860. The van der Waals surface area contributed by atoms with E-state index in [4.69, 9.17) is 11.6 Å². The third-order valence-corrected chi connectivity index (χ3v) is 6.11. The lowest BCUT2D eigenvalue weighted by Crippen LogP contribution is -2.53. The van der Waals surface area contributed by atoms with Crippen LogP contribution in [-0.4, -0.2) is 43.0 Å². The first-order chi connectivity index (χ1) is 14.9. The van der Waals surface area contributed by atoms with Crippen LogP contribution in [0.15, 0.2) is 48.5 Å². The minimum Gasteiger partial charge on any atom is -0.378 e. The molecule has 3 N–H and O–H groups in total. The van der Waals surface area contributed by atoms with E-state index < -0.39 is 0 Å². The molecule has 0 radical (unpaired) electrons. The molecule has 162 valence electrons. The molecule has 1 aliphatic carbocycles. The second-order valence-corrected chi connectivity index (χ2v) is 8.74. The molecule has 2 aromatic carbocycles. The largest absolute Gasteiger partial charge is 0.378 e. The van der Waals surface area contributed by atoms with Crippen LogP contribution in [-0.2, 0) is 0 Å². The Balaban J connectivity index is 1.44. The Kier molecular flexibility index (Phi) is 6.18. The van der Waals surface area contributed by atoms with Crippen LogP contribution in [0.4, 0.5) is 5.69 Å². The number of aromatic nitrogens is 1. The van der Waals surface area contributed by atoms with E-state index in [1.165, 1.54) is 0 Å². The fraction of sp³-hybridized carbons (Fsp3) is 0.333. The Hall–Kier alpha value is -2.99. The minimum atomic E-state index is -0.172. The number of fused-ring (bicyclic) bond motifs is 1. The van der Waals surface area contributed by atoms with Gasteiger partial charge in [0.2, 0.25) is 0 Å².